The molecule has 0 spiro atoms. The topological polar surface area (TPSA) is 18.5 Å². The lowest BCUT2D eigenvalue weighted by molar-refractivity contribution is -0.137. The number of anilines is 2. The van der Waals surface area contributed by atoms with Gasteiger partial charge in [0, 0.05) is 48.6 Å². The molecular formula is C20H22F3N3S. The lowest BCUT2D eigenvalue weighted by Gasteiger charge is -2.39. The van der Waals surface area contributed by atoms with Crippen LogP contribution >= 0.6 is 11.8 Å². The molecule has 2 aliphatic heterocycles. The maximum atomic E-state index is 13.3. The van der Waals surface area contributed by atoms with Gasteiger partial charge < -0.3 is 10.2 Å². The Labute approximate surface area is 161 Å². The maximum absolute atomic E-state index is 13.3. The molecule has 1 unspecified atom stereocenters. The van der Waals surface area contributed by atoms with Crippen LogP contribution in [0.2, 0.25) is 0 Å². The van der Waals surface area contributed by atoms with Crippen molar-refractivity contribution in [1.82, 2.24) is 10.2 Å². The Morgan fingerprint density at radius 2 is 1.74 bits per heavy atom. The van der Waals surface area contributed by atoms with Crippen molar-refractivity contribution >= 4 is 23.1 Å². The minimum absolute atomic E-state index is 0.241. The summed E-state index contributed by atoms with van der Waals surface area (Å²) in [6.45, 7) is 6.63. The number of para-hydroxylation sites is 1. The molecule has 0 amide bonds. The van der Waals surface area contributed by atoms with E-state index in [9.17, 15) is 13.2 Å². The van der Waals surface area contributed by atoms with Gasteiger partial charge in [0.2, 0.25) is 0 Å². The van der Waals surface area contributed by atoms with Crippen LogP contribution in [-0.4, -0.2) is 43.7 Å². The second-order valence-electron chi connectivity index (χ2n) is 7.00. The number of hydrogen-bond donors (Lipinski definition) is 1. The largest absolute Gasteiger partial charge is 0.416 e. The van der Waals surface area contributed by atoms with Crippen LogP contribution < -0.4 is 10.2 Å². The fourth-order valence-electron chi connectivity index (χ4n) is 3.70. The second-order valence-corrected chi connectivity index (χ2v) is 8.08. The standard InChI is InChI=1S/C20H22F3N3S/c1-14(25-10-8-24-9-11-25)13-26-16-4-2-3-5-18(16)27-19-7-6-15(12-17(19)26)20(21,22)23/h2-7,12,14,24H,8-11,13H2,1H3. The number of hydrogen-bond acceptors (Lipinski definition) is 4. The summed E-state index contributed by atoms with van der Waals surface area (Å²) in [6.07, 6.45) is -4.34. The number of halogens is 3. The third kappa shape index (κ3) is 3.81. The van der Waals surface area contributed by atoms with Crippen LogP contribution in [0.3, 0.4) is 0 Å². The molecule has 1 N–H and O–H groups in total. The molecule has 2 aromatic rings. The molecule has 0 aliphatic carbocycles. The lowest BCUT2D eigenvalue weighted by atomic mass is 10.1. The maximum Gasteiger partial charge on any atom is 0.416 e. The molecule has 0 aromatic heterocycles. The molecule has 7 heteroatoms. The fraction of sp³-hybridized carbons (Fsp3) is 0.400. The van der Waals surface area contributed by atoms with Crippen molar-refractivity contribution in [2.24, 2.45) is 0 Å². The van der Waals surface area contributed by atoms with E-state index in [1.165, 1.54) is 23.9 Å². The van der Waals surface area contributed by atoms with E-state index in [1.807, 2.05) is 24.3 Å². The van der Waals surface area contributed by atoms with Gasteiger partial charge in [-0.05, 0) is 37.3 Å². The summed E-state index contributed by atoms with van der Waals surface area (Å²) in [7, 11) is 0. The number of fused-ring (bicyclic) bond motifs is 2. The highest BCUT2D eigenvalue weighted by Crippen LogP contribution is 2.49. The van der Waals surface area contributed by atoms with Crippen molar-refractivity contribution < 1.29 is 13.2 Å². The summed E-state index contributed by atoms with van der Waals surface area (Å²) in [5.41, 5.74) is 1.04. The van der Waals surface area contributed by atoms with Gasteiger partial charge in [-0.2, -0.15) is 13.2 Å². The van der Waals surface area contributed by atoms with E-state index in [2.05, 4.69) is 22.0 Å². The average Bonchev–Trinajstić information content (AvgIpc) is 2.67. The molecule has 4 rings (SSSR count). The number of nitrogens with zero attached hydrogens (tertiary/aromatic N) is 2. The Bertz CT molecular complexity index is 818. The van der Waals surface area contributed by atoms with E-state index < -0.39 is 11.7 Å². The monoisotopic (exact) mass is 393 g/mol. The van der Waals surface area contributed by atoms with Crippen LogP contribution in [0, 0.1) is 0 Å². The number of rotatable bonds is 3. The van der Waals surface area contributed by atoms with Crippen LogP contribution in [0.25, 0.3) is 0 Å². The third-order valence-electron chi connectivity index (χ3n) is 5.17. The Kier molecular flexibility index (Phi) is 5.09. The lowest BCUT2D eigenvalue weighted by Crippen LogP contribution is -2.50. The minimum Gasteiger partial charge on any atom is -0.338 e. The molecule has 144 valence electrons. The zero-order valence-electron chi connectivity index (χ0n) is 15.1. The van der Waals surface area contributed by atoms with Gasteiger partial charge >= 0.3 is 6.18 Å². The first-order chi connectivity index (χ1) is 12.9. The fourth-order valence-corrected chi connectivity index (χ4v) is 4.78. The van der Waals surface area contributed by atoms with Gasteiger partial charge in [-0.15, -0.1) is 0 Å². The van der Waals surface area contributed by atoms with Crippen molar-refractivity contribution in [2.75, 3.05) is 37.6 Å². The molecule has 1 saturated heterocycles. The van der Waals surface area contributed by atoms with Gasteiger partial charge in [0.05, 0.1) is 16.9 Å². The molecule has 0 radical (unpaired) electrons. The van der Waals surface area contributed by atoms with E-state index in [-0.39, 0.29) is 6.04 Å². The molecule has 2 heterocycles. The number of benzene rings is 2. The first-order valence-electron chi connectivity index (χ1n) is 9.14. The molecule has 0 bridgehead atoms. The van der Waals surface area contributed by atoms with Crippen molar-refractivity contribution in [2.45, 2.75) is 28.9 Å². The second kappa shape index (κ2) is 7.37. The molecule has 2 aliphatic rings. The highest BCUT2D eigenvalue weighted by Gasteiger charge is 2.34. The van der Waals surface area contributed by atoms with Gasteiger partial charge in [-0.3, -0.25) is 4.90 Å². The SMILES string of the molecule is CC(CN1c2ccccc2Sc2ccc(C(F)(F)F)cc21)N1CCNCC1. The summed E-state index contributed by atoms with van der Waals surface area (Å²) >= 11 is 1.54. The third-order valence-corrected chi connectivity index (χ3v) is 6.31. The van der Waals surface area contributed by atoms with Gasteiger partial charge in [-0.25, -0.2) is 0 Å². The van der Waals surface area contributed by atoms with Crippen molar-refractivity contribution in [3.8, 4) is 0 Å². The highest BCUT2D eigenvalue weighted by molar-refractivity contribution is 7.99. The predicted octanol–water partition coefficient (Wildman–Crippen LogP) is 4.60. The van der Waals surface area contributed by atoms with E-state index in [0.717, 1.165) is 41.7 Å². The molecular weight excluding hydrogens is 371 g/mol. The summed E-state index contributed by atoms with van der Waals surface area (Å²) in [5.74, 6) is 0. The Balaban J connectivity index is 1.70. The summed E-state index contributed by atoms with van der Waals surface area (Å²) in [5, 5.41) is 3.34. The van der Waals surface area contributed by atoms with Crippen LogP contribution in [0.4, 0.5) is 24.5 Å². The average molecular weight is 393 g/mol. The van der Waals surface area contributed by atoms with E-state index in [1.54, 1.807) is 6.07 Å². The van der Waals surface area contributed by atoms with E-state index in [4.69, 9.17) is 0 Å². The van der Waals surface area contributed by atoms with Crippen molar-refractivity contribution in [3.63, 3.8) is 0 Å². The van der Waals surface area contributed by atoms with Crippen LogP contribution in [-0.2, 0) is 6.18 Å². The quantitative estimate of drug-likeness (QED) is 0.821. The molecule has 27 heavy (non-hydrogen) atoms. The van der Waals surface area contributed by atoms with Gasteiger partial charge in [-0.1, -0.05) is 23.9 Å². The van der Waals surface area contributed by atoms with Gasteiger partial charge in [0.15, 0.2) is 0 Å². The number of piperazine rings is 1. The number of alkyl halides is 3. The summed E-state index contributed by atoms with van der Waals surface area (Å²) < 4.78 is 39.9. The molecule has 2 aromatic carbocycles. The van der Waals surface area contributed by atoms with Gasteiger partial charge in [0.1, 0.15) is 0 Å². The smallest absolute Gasteiger partial charge is 0.338 e. The van der Waals surface area contributed by atoms with Crippen LogP contribution in [0.5, 0.6) is 0 Å². The first kappa shape index (κ1) is 18.7. The van der Waals surface area contributed by atoms with Crippen LogP contribution in [0.1, 0.15) is 12.5 Å². The van der Waals surface area contributed by atoms with Crippen molar-refractivity contribution in [1.29, 1.82) is 0 Å². The minimum atomic E-state index is -4.34. The molecule has 3 nitrogen and oxygen atoms in total. The Hall–Kier alpha value is -1.70. The predicted molar refractivity (Wildman–Crippen MR) is 103 cm³/mol. The first-order valence-corrected chi connectivity index (χ1v) is 9.95. The van der Waals surface area contributed by atoms with Gasteiger partial charge in [0.25, 0.3) is 0 Å². The van der Waals surface area contributed by atoms with Crippen molar-refractivity contribution in [3.05, 3.63) is 48.0 Å². The van der Waals surface area contributed by atoms with Crippen LogP contribution in [0.15, 0.2) is 52.3 Å². The molecule has 0 saturated carbocycles. The van der Waals surface area contributed by atoms with E-state index >= 15 is 0 Å². The Morgan fingerprint density at radius 3 is 2.48 bits per heavy atom. The van der Waals surface area contributed by atoms with E-state index in [0.29, 0.717) is 12.2 Å². The Morgan fingerprint density at radius 1 is 1.04 bits per heavy atom. The molecule has 1 fully saturated rings. The summed E-state index contributed by atoms with van der Waals surface area (Å²) in [4.78, 5) is 6.41. The zero-order valence-corrected chi connectivity index (χ0v) is 15.9. The summed E-state index contributed by atoms with van der Waals surface area (Å²) in [6, 6.07) is 12.3. The number of nitrogens with one attached hydrogen (secondary N) is 1. The normalized spacial score (nSPS) is 18.7. The zero-order chi connectivity index (χ0) is 19.0. The molecule has 1 atom stereocenters. The highest BCUT2D eigenvalue weighted by atomic mass is 32.2.